The lowest BCUT2D eigenvalue weighted by Crippen LogP contribution is -2.47. The van der Waals surface area contributed by atoms with Crippen LogP contribution in [0.4, 0.5) is 0 Å². The molecule has 0 aliphatic carbocycles. The maximum atomic E-state index is 12.0. The highest BCUT2D eigenvalue weighted by Crippen LogP contribution is 2.05. The van der Waals surface area contributed by atoms with Crippen LogP contribution in [-0.4, -0.2) is 73.2 Å². The minimum atomic E-state index is -0.978. The average Bonchev–Trinajstić information content (AvgIpc) is 2.55. The average molecular weight is 319 g/mol. The molecular formula is C18H29N3O2. The van der Waals surface area contributed by atoms with Crippen molar-refractivity contribution in [2.24, 2.45) is 5.92 Å². The molecule has 1 fully saturated rings. The van der Waals surface area contributed by atoms with E-state index < -0.39 is 6.10 Å². The largest absolute Gasteiger partial charge is 0.383 e. The Bertz CT molecular complexity index is 472. The van der Waals surface area contributed by atoms with Crippen LogP contribution in [0.3, 0.4) is 0 Å². The number of amides is 1. The van der Waals surface area contributed by atoms with Crippen molar-refractivity contribution in [1.82, 2.24) is 15.1 Å². The summed E-state index contributed by atoms with van der Waals surface area (Å²) in [6.07, 6.45) is -0.618. The first-order valence-electron chi connectivity index (χ1n) is 8.45. The summed E-state index contributed by atoms with van der Waals surface area (Å²) in [5, 5.41) is 12.9. The summed E-state index contributed by atoms with van der Waals surface area (Å²) in [6.45, 7) is 8.13. The molecule has 5 heteroatoms. The zero-order chi connectivity index (χ0) is 16.7. The predicted molar refractivity (Wildman–Crippen MR) is 92.3 cm³/mol. The molecule has 2 N–H and O–H groups in total. The van der Waals surface area contributed by atoms with E-state index in [4.69, 9.17) is 0 Å². The van der Waals surface area contributed by atoms with Crippen molar-refractivity contribution in [3.05, 3.63) is 35.9 Å². The number of nitrogens with one attached hydrogen (secondary N) is 1. The van der Waals surface area contributed by atoms with Crippen molar-refractivity contribution < 1.29 is 9.90 Å². The van der Waals surface area contributed by atoms with E-state index in [0.717, 1.165) is 38.3 Å². The second kappa shape index (κ2) is 9.01. The molecule has 1 aromatic carbocycles. The zero-order valence-electron chi connectivity index (χ0n) is 14.2. The SMILES string of the molecule is CC(CNC(=O)[C@@H](O)Cc1ccccc1)CN1CCN(C)CC1. The fraction of sp³-hybridized carbons (Fsp3) is 0.611. The highest BCUT2D eigenvalue weighted by atomic mass is 16.3. The van der Waals surface area contributed by atoms with E-state index in [0.29, 0.717) is 18.9 Å². The van der Waals surface area contributed by atoms with Gasteiger partial charge in [-0.3, -0.25) is 4.79 Å². The molecule has 2 rings (SSSR count). The molecule has 1 aromatic rings. The van der Waals surface area contributed by atoms with Crippen LogP contribution in [0.1, 0.15) is 12.5 Å². The van der Waals surface area contributed by atoms with Gasteiger partial charge in [0.15, 0.2) is 0 Å². The van der Waals surface area contributed by atoms with Gasteiger partial charge >= 0.3 is 0 Å². The maximum absolute atomic E-state index is 12.0. The summed E-state index contributed by atoms with van der Waals surface area (Å²) in [5.74, 6) is 0.102. The van der Waals surface area contributed by atoms with Gasteiger partial charge in [-0.1, -0.05) is 37.3 Å². The molecule has 0 radical (unpaired) electrons. The molecule has 1 aliphatic rings. The first kappa shape index (κ1) is 17.9. The molecule has 128 valence electrons. The van der Waals surface area contributed by atoms with Crippen molar-refractivity contribution in [3.8, 4) is 0 Å². The van der Waals surface area contributed by atoms with Gasteiger partial charge in [0.2, 0.25) is 5.91 Å². The number of likely N-dealkylation sites (N-methyl/N-ethyl adjacent to an activating group) is 1. The number of carbonyl (C=O) groups excluding carboxylic acids is 1. The molecular weight excluding hydrogens is 290 g/mol. The first-order chi connectivity index (χ1) is 11.0. The third kappa shape index (κ3) is 6.29. The van der Waals surface area contributed by atoms with Gasteiger partial charge in [-0.15, -0.1) is 0 Å². The Labute approximate surface area is 139 Å². The Hall–Kier alpha value is -1.43. The fourth-order valence-electron chi connectivity index (χ4n) is 2.86. The molecule has 1 aliphatic heterocycles. The normalized spacial score (nSPS) is 19.3. The monoisotopic (exact) mass is 319 g/mol. The highest BCUT2D eigenvalue weighted by Gasteiger charge is 2.19. The minimum absolute atomic E-state index is 0.279. The molecule has 5 nitrogen and oxygen atoms in total. The summed E-state index contributed by atoms with van der Waals surface area (Å²) in [4.78, 5) is 16.8. The van der Waals surface area contributed by atoms with Crippen LogP contribution in [0.2, 0.25) is 0 Å². The van der Waals surface area contributed by atoms with Crippen molar-refractivity contribution in [2.45, 2.75) is 19.4 Å². The van der Waals surface area contributed by atoms with Crippen LogP contribution in [0.15, 0.2) is 30.3 Å². The number of aliphatic hydroxyl groups is 1. The van der Waals surface area contributed by atoms with Gasteiger partial charge in [0.05, 0.1) is 0 Å². The van der Waals surface area contributed by atoms with E-state index in [9.17, 15) is 9.90 Å². The van der Waals surface area contributed by atoms with E-state index in [2.05, 4.69) is 29.1 Å². The zero-order valence-corrected chi connectivity index (χ0v) is 14.2. The summed E-state index contributed by atoms with van der Waals surface area (Å²) in [6, 6.07) is 9.60. The van der Waals surface area contributed by atoms with Gasteiger partial charge < -0.3 is 20.2 Å². The topological polar surface area (TPSA) is 55.8 Å². The van der Waals surface area contributed by atoms with Crippen molar-refractivity contribution in [1.29, 1.82) is 0 Å². The highest BCUT2D eigenvalue weighted by molar-refractivity contribution is 5.80. The molecule has 0 bridgehead atoms. The fourth-order valence-corrected chi connectivity index (χ4v) is 2.86. The summed E-state index contributed by atoms with van der Waals surface area (Å²) in [5.41, 5.74) is 0.973. The van der Waals surface area contributed by atoms with Crippen molar-refractivity contribution in [3.63, 3.8) is 0 Å². The van der Waals surface area contributed by atoms with Crippen LogP contribution in [0.25, 0.3) is 0 Å². The molecule has 1 heterocycles. The smallest absolute Gasteiger partial charge is 0.249 e. The number of nitrogens with zero attached hydrogens (tertiary/aromatic N) is 2. The van der Waals surface area contributed by atoms with E-state index in [-0.39, 0.29) is 5.91 Å². The number of benzene rings is 1. The maximum Gasteiger partial charge on any atom is 0.249 e. The number of piperazine rings is 1. The van der Waals surface area contributed by atoms with Gasteiger partial charge in [0.25, 0.3) is 0 Å². The van der Waals surface area contributed by atoms with Crippen molar-refractivity contribution >= 4 is 5.91 Å². The second-order valence-electron chi connectivity index (χ2n) is 6.66. The number of carbonyl (C=O) groups is 1. The van der Waals surface area contributed by atoms with Gasteiger partial charge in [-0.25, -0.2) is 0 Å². The second-order valence-corrected chi connectivity index (χ2v) is 6.66. The molecule has 0 spiro atoms. The molecule has 2 atom stereocenters. The first-order valence-corrected chi connectivity index (χ1v) is 8.45. The Morgan fingerprint density at radius 2 is 1.87 bits per heavy atom. The number of aliphatic hydroxyl groups excluding tert-OH is 1. The lowest BCUT2D eigenvalue weighted by molar-refractivity contribution is -0.129. The van der Waals surface area contributed by atoms with Crippen LogP contribution in [0, 0.1) is 5.92 Å². The molecule has 1 amide bonds. The van der Waals surface area contributed by atoms with E-state index in [1.54, 1.807) is 0 Å². The number of hydrogen-bond acceptors (Lipinski definition) is 4. The lowest BCUT2D eigenvalue weighted by Gasteiger charge is -2.34. The Morgan fingerprint density at radius 1 is 1.22 bits per heavy atom. The quantitative estimate of drug-likeness (QED) is 0.772. The van der Waals surface area contributed by atoms with Gasteiger partial charge in [-0.05, 0) is 18.5 Å². The third-order valence-corrected chi connectivity index (χ3v) is 4.37. The summed E-state index contributed by atoms with van der Waals surface area (Å²) < 4.78 is 0. The molecule has 0 saturated carbocycles. The third-order valence-electron chi connectivity index (χ3n) is 4.37. The van der Waals surface area contributed by atoms with E-state index in [1.807, 2.05) is 30.3 Å². The van der Waals surface area contributed by atoms with Gasteiger partial charge in [-0.2, -0.15) is 0 Å². The van der Waals surface area contributed by atoms with Crippen molar-refractivity contribution in [2.75, 3.05) is 46.3 Å². The standard InChI is InChI=1S/C18H29N3O2/c1-15(14-21-10-8-20(2)9-11-21)13-19-18(23)17(22)12-16-6-4-3-5-7-16/h3-7,15,17,22H,8-14H2,1-2H3,(H,19,23)/t15?,17-/m0/s1. The Kier molecular flexibility index (Phi) is 7.02. The number of hydrogen-bond donors (Lipinski definition) is 2. The molecule has 1 saturated heterocycles. The predicted octanol–water partition coefficient (Wildman–Crippen LogP) is 0.590. The lowest BCUT2D eigenvalue weighted by atomic mass is 10.1. The van der Waals surface area contributed by atoms with Gasteiger partial charge in [0, 0.05) is 45.7 Å². The summed E-state index contributed by atoms with van der Waals surface area (Å²) in [7, 11) is 2.15. The van der Waals surface area contributed by atoms with Crippen LogP contribution >= 0.6 is 0 Å². The minimum Gasteiger partial charge on any atom is -0.383 e. The number of rotatable bonds is 7. The van der Waals surface area contributed by atoms with Crippen LogP contribution in [-0.2, 0) is 11.2 Å². The van der Waals surface area contributed by atoms with Crippen LogP contribution < -0.4 is 5.32 Å². The summed E-state index contributed by atoms with van der Waals surface area (Å²) >= 11 is 0. The molecule has 1 unspecified atom stereocenters. The van der Waals surface area contributed by atoms with E-state index in [1.165, 1.54) is 0 Å². The Balaban J connectivity index is 1.66. The van der Waals surface area contributed by atoms with Gasteiger partial charge in [0.1, 0.15) is 6.10 Å². The van der Waals surface area contributed by atoms with Crippen LogP contribution in [0.5, 0.6) is 0 Å². The molecule has 0 aromatic heterocycles. The molecule has 23 heavy (non-hydrogen) atoms. The Morgan fingerprint density at radius 3 is 2.52 bits per heavy atom. The van der Waals surface area contributed by atoms with E-state index >= 15 is 0 Å².